The van der Waals surface area contributed by atoms with Crippen molar-refractivity contribution in [2.75, 3.05) is 40.4 Å². The Morgan fingerprint density at radius 1 is 0.487 bits per heavy atom. The third-order valence-corrected chi connectivity index (χ3v) is 23.0. The van der Waals surface area contributed by atoms with Gasteiger partial charge in [0.05, 0.1) is 51.3 Å². The highest BCUT2D eigenvalue weighted by molar-refractivity contribution is 9.10. The van der Waals surface area contributed by atoms with Gasteiger partial charge in [-0.25, -0.2) is 34.1 Å². The van der Waals surface area contributed by atoms with Gasteiger partial charge >= 0.3 is 12.1 Å². The van der Waals surface area contributed by atoms with E-state index < -0.39 is 38.9 Å². The summed E-state index contributed by atoms with van der Waals surface area (Å²) < 4.78 is 46.9. The summed E-state index contributed by atoms with van der Waals surface area (Å²) in [5, 5.41) is 34.7. The number of carbonyl (C=O) groups excluding carboxylic acids is 4. The van der Waals surface area contributed by atoms with Gasteiger partial charge in [-0.15, -0.1) is 46.4 Å². The number of aromatic amines is 2. The number of nitrogens with one attached hydrogen (secondary N) is 3. The Balaban J connectivity index is 0.000000129. The Hall–Kier alpha value is -11.4. The molecule has 612 valence electrons. The van der Waals surface area contributed by atoms with Gasteiger partial charge in [0.2, 0.25) is 23.0 Å². The van der Waals surface area contributed by atoms with Crippen molar-refractivity contribution in [3.8, 4) is 11.5 Å². The summed E-state index contributed by atoms with van der Waals surface area (Å²) in [6, 6.07) is 53.4. The van der Waals surface area contributed by atoms with Crippen LogP contribution in [0.3, 0.4) is 0 Å². The zero-order valence-electron chi connectivity index (χ0n) is 63.9. The number of fused-ring (bicyclic) bond motifs is 12. The third kappa shape index (κ3) is 20.7. The minimum absolute atomic E-state index is 0.0594. The molecule has 12 heterocycles. The molecule has 3 amide bonds. The number of H-pyrrole nitrogens is 2. The fraction of sp³-hybridized carbons (Fsp3) is 0.244. The Labute approximate surface area is 714 Å². The van der Waals surface area contributed by atoms with E-state index in [0.29, 0.717) is 51.5 Å². The number of amides is 3. The van der Waals surface area contributed by atoms with Crippen molar-refractivity contribution in [1.82, 2.24) is 79.9 Å². The van der Waals surface area contributed by atoms with E-state index >= 15 is 0 Å². The van der Waals surface area contributed by atoms with Gasteiger partial charge in [0.15, 0.2) is 22.6 Å². The summed E-state index contributed by atoms with van der Waals surface area (Å²) in [6.45, 7) is 6.78. The first-order chi connectivity index (χ1) is 57.5. The second kappa shape index (κ2) is 39.5. The molecule has 0 aliphatic carbocycles. The second-order valence-electron chi connectivity index (χ2n) is 27.8. The Morgan fingerprint density at radius 2 is 0.874 bits per heavy atom. The number of nitrogens with zero attached hydrogens (tertiary/aromatic N) is 13. The first-order valence-corrected chi connectivity index (χ1v) is 40.5. The van der Waals surface area contributed by atoms with Crippen LogP contribution in [0.25, 0.3) is 44.1 Å². The van der Waals surface area contributed by atoms with E-state index in [-0.39, 0.29) is 17.7 Å². The zero-order valence-corrected chi connectivity index (χ0v) is 69.3. The van der Waals surface area contributed by atoms with E-state index in [1.54, 1.807) is 48.5 Å². The minimum Gasteiger partial charge on any atom is -0.497 e. The Bertz CT molecular complexity index is 5880. The highest BCUT2D eigenvalue weighted by atomic mass is 79.9. The third-order valence-electron chi connectivity index (χ3n) is 20.4. The van der Waals surface area contributed by atoms with Crippen LogP contribution in [-0.2, 0) is 88.9 Å². The number of rotatable bonds is 14. The monoisotopic (exact) mass is 1770 g/mol. The molecule has 4 unspecified atom stereocenters. The quantitative estimate of drug-likeness (QED) is 0.0581. The van der Waals surface area contributed by atoms with Crippen molar-refractivity contribution in [2.24, 2.45) is 0 Å². The predicted octanol–water partition coefficient (Wildman–Crippen LogP) is 16.3. The molecule has 0 spiro atoms. The van der Waals surface area contributed by atoms with Crippen molar-refractivity contribution in [2.45, 2.75) is 92.6 Å². The van der Waals surface area contributed by atoms with Gasteiger partial charge in [0.25, 0.3) is 0 Å². The van der Waals surface area contributed by atoms with E-state index in [1.807, 2.05) is 191 Å². The average Bonchev–Trinajstić information content (AvgIpc) is 1.74. The van der Waals surface area contributed by atoms with Gasteiger partial charge < -0.3 is 34.6 Å². The molecule has 0 bridgehead atoms. The highest BCUT2D eigenvalue weighted by Gasteiger charge is 2.38. The van der Waals surface area contributed by atoms with Crippen molar-refractivity contribution in [1.29, 1.82) is 0 Å². The topological polar surface area (TPSA) is 290 Å². The van der Waals surface area contributed by atoms with E-state index in [0.717, 1.165) is 139 Å². The molecule has 14 aromatic rings. The number of carboxylic acids is 1. The molecular formula is C86H77BrCl5F3N16O8. The number of hydrogen-bond donors (Lipinski definition) is 4. The lowest BCUT2D eigenvalue weighted by molar-refractivity contribution is -0.192. The molecule has 4 N–H and O–H groups in total. The molecule has 4 aliphatic rings. The van der Waals surface area contributed by atoms with Crippen molar-refractivity contribution in [3.05, 3.63) is 296 Å². The van der Waals surface area contributed by atoms with Crippen molar-refractivity contribution < 1.29 is 51.7 Å². The Kier molecular flexibility index (Phi) is 28.4. The summed E-state index contributed by atoms with van der Waals surface area (Å²) in [6.07, 6.45) is 11.4. The predicted molar refractivity (Wildman–Crippen MR) is 452 cm³/mol. The van der Waals surface area contributed by atoms with Crippen molar-refractivity contribution >= 4 is 147 Å². The summed E-state index contributed by atoms with van der Waals surface area (Å²) in [5.41, 5.74) is 18.3. The Morgan fingerprint density at radius 3 is 1.30 bits per heavy atom. The molecule has 0 radical (unpaired) electrons. The number of aliphatic carboxylic acids is 1. The first kappa shape index (κ1) is 85.5. The minimum atomic E-state index is -5.08. The van der Waals surface area contributed by atoms with Crippen LogP contribution in [0.2, 0.25) is 0 Å². The maximum atomic E-state index is 13.0. The maximum absolute atomic E-state index is 13.0. The lowest BCUT2D eigenvalue weighted by atomic mass is 9.98. The average molecular weight is 1780 g/mol. The summed E-state index contributed by atoms with van der Waals surface area (Å²) >= 11 is 33.6. The van der Waals surface area contributed by atoms with Crippen LogP contribution in [0.1, 0.15) is 99.4 Å². The van der Waals surface area contributed by atoms with Crippen LogP contribution in [-0.4, -0.2) is 155 Å². The highest BCUT2D eigenvalue weighted by Crippen LogP contribution is 2.36. The van der Waals surface area contributed by atoms with Crippen LogP contribution in [0.4, 0.5) is 13.2 Å². The molecular weight excluding hydrogens is 1700 g/mol. The largest absolute Gasteiger partial charge is 0.497 e. The number of benzene rings is 6. The SMILES string of the molecule is COc1ccc(Cn2ncc3c4c(cnc32)CN(C(=O)C(Cl)c2ccccc2)CC4)cc1.COc1ccc(Cn2ncc3c4c(cnc32)CNCC4)cc1.O=C(C(Cl)c1ccccc1)N1CCc2c(cnc3[nH]ncc23)C1.O=C(C(Cl)c1ccccc1)N1CCc2c(cnc3n[nH]c(Br)c23)C1.O=C(Cl)C(Cl)c1ccccc1.O=C(O)C(F)(F)F. The fourth-order valence-corrected chi connectivity index (χ4v) is 15.8. The van der Waals surface area contributed by atoms with Gasteiger partial charge in [-0.3, -0.25) is 29.4 Å². The number of aromatic nitrogens is 12. The molecule has 4 atom stereocenters. The molecule has 18 rings (SSSR count). The van der Waals surface area contributed by atoms with Gasteiger partial charge in [-0.1, -0.05) is 146 Å². The standard InChI is InChI=1S/C25H23ClN4O2.C17H14BrClN4O.C17H15ClN4O.C17H18N4O.C8H6Cl2O.C2HF3O2/c1-32-20-9-7-17(8-10-20)15-30-24-22(14-28-30)21-11-12-29(16-19(21)13-27-24)25(31)23(26)18-5-3-2-4-6-18;18-15-13-12-6-7-23(9-11(12)8-20-16(13)22-21-15)17(24)14(19)10-4-2-1-3-5-10;18-15(11-4-2-1-3-5-11)17(23)22-7-6-13-12(10-22)8-19-16-14(13)9-20-21-16;1-22-14-4-2-12(3-5-14)11-21-17-16(10-20-21)15-6-7-18-8-13(15)9-19-17;9-7(8(10)11)6-4-2-1-3-5-6;3-2(4,5)1(6)7/h2-10,13-14,23H,11-12,15-16H2,1H3;1-5,8,14H,6-7,9H2,(H,20,21,22);1-5,8-9,15H,6-7,10H2,(H,19,20,21);2-5,9-10,18H,6-8,11H2,1H3;1-5,7H;(H,6,7). The van der Waals surface area contributed by atoms with Gasteiger partial charge in [-0.2, -0.15) is 33.6 Å². The number of hydrogen-bond acceptors (Lipinski definition) is 16. The lowest BCUT2D eigenvalue weighted by Crippen LogP contribution is -2.38. The molecule has 119 heavy (non-hydrogen) atoms. The van der Waals surface area contributed by atoms with E-state index in [1.165, 1.54) is 38.8 Å². The van der Waals surface area contributed by atoms with Crippen LogP contribution in [0.5, 0.6) is 11.5 Å². The van der Waals surface area contributed by atoms with Gasteiger partial charge in [-0.05, 0) is 162 Å². The van der Waals surface area contributed by atoms with Gasteiger partial charge in [0.1, 0.15) is 37.6 Å². The molecule has 6 aromatic carbocycles. The number of methoxy groups -OCH3 is 2. The van der Waals surface area contributed by atoms with Gasteiger partial charge in [0, 0.05) is 86.8 Å². The molecule has 4 aliphatic heterocycles. The molecule has 33 heteroatoms. The number of alkyl halides is 7. The van der Waals surface area contributed by atoms with Crippen LogP contribution < -0.4 is 14.8 Å². The zero-order chi connectivity index (χ0) is 83.9. The smallest absolute Gasteiger partial charge is 0.490 e. The summed E-state index contributed by atoms with van der Waals surface area (Å²) in [5.74, 6) is -1.26. The summed E-state index contributed by atoms with van der Waals surface area (Å²) in [7, 11) is 3.34. The van der Waals surface area contributed by atoms with E-state index in [2.05, 4.69) is 83.9 Å². The van der Waals surface area contributed by atoms with E-state index in [9.17, 15) is 32.3 Å². The second-order valence-corrected chi connectivity index (χ2v) is 30.8. The number of carboxylic acid groups (broad SMARTS) is 1. The van der Waals surface area contributed by atoms with Crippen molar-refractivity contribution in [3.63, 3.8) is 0 Å². The normalized spacial score (nSPS) is 14.3. The first-order valence-electron chi connectivity index (χ1n) is 37.6. The molecule has 0 fully saturated rings. The number of ether oxygens (including phenoxy) is 2. The van der Waals surface area contributed by atoms with E-state index in [4.69, 9.17) is 77.4 Å². The number of pyridine rings is 4. The lowest BCUT2D eigenvalue weighted by Gasteiger charge is -2.30. The molecule has 24 nitrogen and oxygen atoms in total. The number of halogens is 9. The molecule has 8 aromatic heterocycles. The number of carbonyl (C=O) groups is 5. The maximum Gasteiger partial charge on any atom is 0.490 e. The van der Waals surface area contributed by atoms with Crippen LogP contribution in [0.15, 0.2) is 218 Å². The van der Waals surface area contributed by atoms with Crippen LogP contribution >= 0.6 is 73.9 Å². The van der Waals surface area contributed by atoms with Crippen LogP contribution in [0, 0.1) is 0 Å². The molecule has 0 saturated heterocycles. The molecule has 0 saturated carbocycles. The fourth-order valence-electron chi connectivity index (χ4n) is 14.2. The summed E-state index contributed by atoms with van der Waals surface area (Å²) in [4.78, 5) is 81.3.